The van der Waals surface area contributed by atoms with Gasteiger partial charge in [0.15, 0.2) is 0 Å². The maximum Gasteiger partial charge on any atom is 0.0318 e. The molecule has 1 aromatic rings. The van der Waals surface area contributed by atoms with Crippen LogP contribution in [0, 0.1) is 30.1 Å². The predicted octanol–water partition coefficient (Wildman–Crippen LogP) is 4.00. The van der Waals surface area contributed by atoms with E-state index < -0.39 is 0 Å². The van der Waals surface area contributed by atoms with Crippen LogP contribution < -0.4 is 5.73 Å². The summed E-state index contributed by atoms with van der Waals surface area (Å²) in [6.45, 7) is 2.16. The zero-order valence-corrected chi connectivity index (χ0v) is 12.5. The van der Waals surface area contributed by atoms with E-state index in [0.29, 0.717) is 5.41 Å². The first-order valence-electron chi connectivity index (χ1n) is 8.30. The molecular formula is C18H26N2. The summed E-state index contributed by atoms with van der Waals surface area (Å²) in [5, 5.41) is 0. The highest BCUT2D eigenvalue weighted by Gasteiger charge is 2.51. The molecule has 0 radical (unpaired) electrons. The van der Waals surface area contributed by atoms with Crippen molar-refractivity contribution in [1.82, 2.24) is 4.98 Å². The minimum atomic E-state index is 0.181. The molecule has 1 aromatic heterocycles. The van der Waals surface area contributed by atoms with Gasteiger partial charge in [0.05, 0.1) is 0 Å². The van der Waals surface area contributed by atoms with Crippen molar-refractivity contribution in [2.45, 2.75) is 57.9 Å². The van der Waals surface area contributed by atoms with Crippen LogP contribution in [0.25, 0.3) is 0 Å². The van der Waals surface area contributed by atoms with E-state index >= 15 is 0 Å². The molecule has 1 atom stereocenters. The lowest BCUT2D eigenvalue weighted by atomic mass is 9.48. The Morgan fingerprint density at radius 1 is 1.20 bits per heavy atom. The van der Waals surface area contributed by atoms with Crippen molar-refractivity contribution in [3.8, 4) is 0 Å². The fraction of sp³-hybridized carbons (Fsp3) is 0.722. The van der Waals surface area contributed by atoms with Gasteiger partial charge in [0.25, 0.3) is 0 Å². The lowest BCUT2D eigenvalue weighted by Crippen LogP contribution is -2.47. The lowest BCUT2D eigenvalue weighted by Gasteiger charge is -2.57. The van der Waals surface area contributed by atoms with Crippen molar-refractivity contribution in [2.75, 3.05) is 0 Å². The van der Waals surface area contributed by atoms with Gasteiger partial charge in [0, 0.05) is 18.4 Å². The second-order valence-electron chi connectivity index (χ2n) is 7.96. The van der Waals surface area contributed by atoms with Gasteiger partial charge in [-0.2, -0.15) is 0 Å². The minimum absolute atomic E-state index is 0.181. The molecule has 0 spiro atoms. The van der Waals surface area contributed by atoms with Crippen LogP contribution in [-0.2, 0) is 0 Å². The largest absolute Gasteiger partial charge is 0.324 e. The normalized spacial score (nSPS) is 40.0. The van der Waals surface area contributed by atoms with E-state index in [1.54, 1.807) is 0 Å². The monoisotopic (exact) mass is 270 g/mol. The van der Waals surface area contributed by atoms with Crippen molar-refractivity contribution >= 4 is 0 Å². The predicted molar refractivity (Wildman–Crippen MR) is 81.1 cm³/mol. The van der Waals surface area contributed by atoms with Crippen LogP contribution in [-0.4, -0.2) is 4.98 Å². The van der Waals surface area contributed by atoms with Gasteiger partial charge in [-0.25, -0.2) is 0 Å². The second kappa shape index (κ2) is 4.56. The van der Waals surface area contributed by atoms with Gasteiger partial charge < -0.3 is 5.73 Å². The van der Waals surface area contributed by atoms with E-state index in [0.717, 1.165) is 17.8 Å². The van der Waals surface area contributed by atoms with Crippen LogP contribution in [0.4, 0.5) is 0 Å². The van der Waals surface area contributed by atoms with Crippen LogP contribution in [0.3, 0.4) is 0 Å². The van der Waals surface area contributed by atoms with Gasteiger partial charge in [-0.1, -0.05) is 0 Å². The van der Waals surface area contributed by atoms with E-state index in [4.69, 9.17) is 5.73 Å². The number of rotatable bonds is 3. The Labute approximate surface area is 122 Å². The molecule has 4 bridgehead atoms. The van der Waals surface area contributed by atoms with E-state index in [2.05, 4.69) is 18.0 Å². The topological polar surface area (TPSA) is 38.9 Å². The summed E-state index contributed by atoms with van der Waals surface area (Å²) in [5.41, 5.74) is 9.71. The average Bonchev–Trinajstić information content (AvgIpc) is 2.36. The van der Waals surface area contributed by atoms with Crippen molar-refractivity contribution in [3.05, 3.63) is 29.6 Å². The molecule has 4 saturated carbocycles. The number of nitrogens with zero attached hydrogens (tertiary/aromatic N) is 1. The molecule has 2 N–H and O–H groups in total. The molecule has 0 amide bonds. The van der Waals surface area contributed by atoms with Gasteiger partial charge in [-0.05, 0) is 92.2 Å². The van der Waals surface area contributed by atoms with E-state index in [9.17, 15) is 0 Å². The Hall–Kier alpha value is -0.890. The highest BCUT2D eigenvalue weighted by atomic mass is 14.7. The zero-order chi connectivity index (χ0) is 13.7. The van der Waals surface area contributed by atoms with Gasteiger partial charge in [0.1, 0.15) is 0 Å². The third kappa shape index (κ3) is 2.09. The van der Waals surface area contributed by atoms with E-state index in [1.807, 2.05) is 12.4 Å². The number of hydrogen-bond acceptors (Lipinski definition) is 2. The Morgan fingerprint density at radius 3 is 2.35 bits per heavy atom. The van der Waals surface area contributed by atoms with Crippen molar-refractivity contribution in [2.24, 2.45) is 28.9 Å². The molecule has 4 aliphatic carbocycles. The lowest BCUT2D eigenvalue weighted by molar-refractivity contribution is -0.0605. The summed E-state index contributed by atoms with van der Waals surface area (Å²) < 4.78 is 0. The molecule has 108 valence electrons. The maximum atomic E-state index is 6.58. The molecule has 1 unspecified atom stereocenters. The van der Waals surface area contributed by atoms with E-state index in [1.165, 1.54) is 56.1 Å². The van der Waals surface area contributed by atoms with Crippen LogP contribution >= 0.6 is 0 Å². The fourth-order valence-corrected chi connectivity index (χ4v) is 5.98. The standard InChI is InChI=1S/C18H26N2/c1-12-2-3-20-11-16(12)17(19)10-18-7-13-4-14(8-18)6-15(5-13)9-18/h2-3,11,13-15,17H,4-10,19H2,1H3. The summed E-state index contributed by atoms with van der Waals surface area (Å²) in [4.78, 5) is 4.28. The number of hydrogen-bond donors (Lipinski definition) is 1. The Kier molecular flexibility index (Phi) is 2.92. The summed E-state index contributed by atoms with van der Waals surface area (Å²) in [5.74, 6) is 3.05. The van der Waals surface area contributed by atoms with Crippen LogP contribution in [0.5, 0.6) is 0 Å². The van der Waals surface area contributed by atoms with Gasteiger partial charge in [-0.15, -0.1) is 0 Å². The fourth-order valence-electron chi connectivity index (χ4n) is 5.98. The Balaban J connectivity index is 1.55. The minimum Gasteiger partial charge on any atom is -0.324 e. The number of pyridine rings is 1. The molecule has 4 aliphatic rings. The molecule has 2 nitrogen and oxygen atoms in total. The summed E-state index contributed by atoms with van der Waals surface area (Å²) >= 11 is 0. The molecular weight excluding hydrogens is 244 g/mol. The number of aryl methyl sites for hydroxylation is 1. The van der Waals surface area contributed by atoms with Gasteiger partial charge >= 0.3 is 0 Å². The molecule has 1 heterocycles. The molecule has 2 heteroatoms. The quantitative estimate of drug-likeness (QED) is 0.901. The van der Waals surface area contributed by atoms with Gasteiger partial charge in [0.2, 0.25) is 0 Å². The molecule has 5 rings (SSSR count). The Morgan fingerprint density at radius 2 is 1.80 bits per heavy atom. The van der Waals surface area contributed by atoms with Crippen molar-refractivity contribution in [3.63, 3.8) is 0 Å². The number of nitrogens with two attached hydrogens (primary N) is 1. The van der Waals surface area contributed by atoms with Crippen LogP contribution in [0.15, 0.2) is 18.5 Å². The molecule has 0 aliphatic heterocycles. The first-order chi connectivity index (χ1) is 9.63. The molecule has 20 heavy (non-hydrogen) atoms. The maximum absolute atomic E-state index is 6.58. The molecule has 0 saturated heterocycles. The molecule has 4 fully saturated rings. The zero-order valence-electron chi connectivity index (χ0n) is 12.5. The van der Waals surface area contributed by atoms with Crippen LogP contribution in [0.2, 0.25) is 0 Å². The Bertz CT molecular complexity index is 473. The van der Waals surface area contributed by atoms with E-state index in [-0.39, 0.29) is 6.04 Å². The van der Waals surface area contributed by atoms with Crippen molar-refractivity contribution < 1.29 is 0 Å². The summed E-state index contributed by atoms with van der Waals surface area (Å²) in [6.07, 6.45) is 13.9. The van der Waals surface area contributed by atoms with Gasteiger partial charge in [-0.3, -0.25) is 4.98 Å². The third-order valence-electron chi connectivity index (χ3n) is 6.30. The highest BCUT2D eigenvalue weighted by molar-refractivity contribution is 5.25. The highest BCUT2D eigenvalue weighted by Crippen LogP contribution is 2.62. The summed E-state index contributed by atoms with van der Waals surface area (Å²) in [6, 6.07) is 2.27. The average molecular weight is 270 g/mol. The third-order valence-corrected chi connectivity index (χ3v) is 6.30. The summed E-state index contributed by atoms with van der Waals surface area (Å²) in [7, 11) is 0. The second-order valence-corrected chi connectivity index (χ2v) is 7.96. The van der Waals surface area contributed by atoms with Crippen LogP contribution in [0.1, 0.15) is 62.1 Å². The first-order valence-corrected chi connectivity index (χ1v) is 8.30. The smallest absolute Gasteiger partial charge is 0.0318 e. The number of aromatic nitrogens is 1. The SMILES string of the molecule is Cc1ccncc1C(N)CC12CC3CC(CC(C3)C1)C2. The molecule has 0 aromatic carbocycles. The first kappa shape index (κ1) is 12.8. The van der Waals surface area contributed by atoms with Crippen molar-refractivity contribution in [1.29, 1.82) is 0 Å².